The first kappa shape index (κ1) is 14.5. The van der Waals surface area contributed by atoms with E-state index < -0.39 is 0 Å². The minimum Gasteiger partial charge on any atom is -0.311 e. The second kappa shape index (κ2) is 6.49. The van der Waals surface area contributed by atoms with Crippen molar-refractivity contribution in [1.82, 2.24) is 10.2 Å². The molecule has 0 spiro atoms. The molecule has 1 saturated carbocycles. The summed E-state index contributed by atoms with van der Waals surface area (Å²) in [6.07, 6.45) is 6.52. The van der Waals surface area contributed by atoms with Gasteiger partial charge < -0.3 is 10.2 Å². The van der Waals surface area contributed by atoms with E-state index in [1.165, 1.54) is 38.2 Å². The number of halogens is 1. The molecule has 0 unspecified atom stereocenters. The molecule has 0 amide bonds. The van der Waals surface area contributed by atoms with E-state index in [9.17, 15) is 4.39 Å². The van der Waals surface area contributed by atoms with Crippen LogP contribution in [0, 0.1) is 5.82 Å². The fraction of sp³-hybridized carbons (Fsp3) is 0.625. The number of nitrogens with zero attached hydrogens (tertiary/aromatic N) is 1. The standard InChI is InChI=1S/C16H25FN2/c1-19(2)16(9-4-3-5-10-16)13-18-12-14-7-6-8-15(17)11-14/h6-8,11,18H,3-5,9-10,12-13H2,1-2H3. The topological polar surface area (TPSA) is 15.3 Å². The van der Waals surface area contributed by atoms with Crippen LogP contribution in [0.2, 0.25) is 0 Å². The maximum Gasteiger partial charge on any atom is 0.123 e. The second-order valence-electron chi connectivity index (χ2n) is 5.91. The van der Waals surface area contributed by atoms with Crippen LogP contribution in [0.1, 0.15) is 37.7 Å². The Kier molecular flexibility index (Phi) is 4.94. The monoisotopic (exact) mass is 264 g/mol. The molecule has 0 radical (unpaired) electrons. The van der Waals surface area contributed by atoms with Crippen LogP contribution in [0.4, 0.5) is 4.39 Å². The Bertz CT molecular complexity index is 397. The summed E-state index contributed by atoms with van der Waals surface area (Å²) in [6, 6.07) is 6.84. The van der Waals surface area contributed by atoms with Crippen molar-refractivity contribution in [3.63, 3.8) is 0 Å². The molecule has 0 saturated heterocycles. The average Bonchev–Trinajstić information content (AvgIpc) is 2.40. The van der Waals surface area contributed by atoms with Gasteiger partial charge in [-0.15, -0.1) is 0 Å². The first-order valence-corrected chi connectivity index (χ1v) is 7.25. The Balaban J connectivity index is 1.89. The lowest BCUT2D eigenvalue weighted by Crippen LogP contribution is -2.52. The highest BCUT2D eigenvalue weighted by atomic mass is 19.1. The van der Waals surface area contributed by atoms with E-state index in [-0.39, 0.29) is 11.4 Å². The van der Waals surface area contributed by atoms with Gasteiger partial charge in [0, 0.05) is 18.6 Å². The third-order valence-electron chi connectivity index (χ3n) is 4.41. The number of benzene rings is 1. The van der Waals surface area contributed by atoms with Crippen LogP contribution in [0.3, 0.4) is 0 Å². The molecule has 106 valence electrons. The molecule has 1 fully saturated rings. The lowest BCUT2D eigenvalue weighted by molar-refractivity contribution is 0.0984. The Morgan fingerprint density at radius 3 is 2.58 bits per heavy atom. The maximum absolute atomic E-state index is 13.1. The first-order valence-electron chi connectivity index (χ1n) is 7.25. The predicted octanol–water partition coefficient (Wildman–Crippen LogP) is 3.18. The Hall–Kier alpha value is -0.930. The van der Waals surface area contributed by atoms with Crippen molar-refractivity contribution >= 4 is 0 Å². The molecule has 0 bridgehead atoms. The van der Waals surface area contributed by atoms with Gasteiger partial charge in [0.25, 0.3) is 0 Å². The van der Waals surface area contributed by atoms with Crippen LogP contribution in [-0.4, -0.2) is 31.1 Å². The quantitative estimate of drug-likeness (QED) is 0.878. The van der Waals surface area contributed by atoms with Crippen molar-refractivity contribution in [3.05, 3.63) is 35.6 Å². The van der Waals surface area contributed by atoms with Gasteiger partial charge in [-0.1, -0.05) is 31.4 Å². The molecule has 1 aromatic rings. The van der Waals surface area contributed by atoms with E-state index in [0.717, 1.165) is 18.7 Å². The molecular weight excluding hydrogens is 239 g/mol. The van der Waals surface area contributed by atoms with E-state index in [2.05, 4.69) is 24.3 Å². The van der Waals surface area contributed by atoms with Gasteiger partial charge in [-0.05, 0) is 44.6 Å². The molecule has 2 nitrogen and oxygen atoms in total. The highest BCUT2D eigenvalue weighted by molar-refractivity contribution is 5.16. The fourth-order valence-electron chi connectivity index (χ4n) is 3.08. The normalized spacial score (nSPS) is 18.7. The smallest absolute Gasteiger partial charge is 0.123 e. The van der Waals surface area contributed by atoms with Crippen LogP contribution < -0.4 is 5.32 Å². The van der Waals surface area contributed by atoms with Crippen molar-refractivity contribution in [2.45, 2.75) is 44.2 Å². The van der Waals surface area contributed by atoms with Crippen LogP contribution in [0.5, 0.6) is 0 Å². The fourth-order valence-corrected chi connectivity index (χ4v) is 3.08. The van der Waals surface area contributed by atoms with E-state index in [0.29, 0.717) is 0 Å². The molecule has 0 aromatic heterocycles. The van der Waals surface area contributed by atoms with Gasteiger partial charge in [-0.2, -0.15) is 0 Å². The van der Waals surface area contributed by atoms with Crippen molar-refractivity contribution < 1.29 is 4.39 Å². The summed E-state index contributed by atoms with van der Waals surface area (Å²) in [6.45, 7) is 1.73. The molecule has 19 heavy (non-hydrogen) atoms. The van der Waals surface area contributed by atoms with Crippen LogP contribution in [-0.2, 0) is 6.54 Å². The van der Waals surface area contributed by atoms with Gasteiger partial charge >= 0.3 is 0 Å². The van der Waals surface area contributed by atoms with E-state index in [4.69, 9.17) is 0 Å². The van der Waals surface area contributed by atoms with Gasteiger partial charge in [0.05, 0.1) is 0 Å². The molecule has 1 aromatic carbocycles. The summed E-state index contributed by atoms with van der Waals surface area (Å²) < 4.78 is 13.1. The van der Waals surface area contributed by atoms with Gasteiger partial charge in [0.15, 0.2) is 0 Å². The minimum atomic E-state index is -0.153. The molecule has 0 atom stereocenters. The summed E-state index contributed by atoms with van der Waals surface area (Å²) >= 11 is 0. The molecular formula is C16H25FN2. The largest absolute Gasteiger partial charge is 0.311 e. The minimum absolute atomic E-state index is 0.153. The third kappa shape index (κ3) is 3.77. The zero-order valence-electron chi connectivity index (χ0n) is 12.1. The Labute approximate surface area is 116 Å². The summed E-state index contributed by atoms with van der Waals surface area (Å²) in [4.78, 5) is 2.37. The third-order valence-corrected chi connectivity index (χ3v) is 4.41. The van der Waals surface area contributed by atoms with Gasteiger partial charge in [0.2, 0.25) is 0 Å². The van der Waals surface area contributed by atoms with Crippen LogP contribution >= 0.6 is 0 Å². The van der Waals surface area contributed by atoms with Gasteiger partial charge in [-0.25, -0.2) is 4.39 Å². The van der Waals surface area contributed by atoms with Crippen molar-refractivity contribution in [1.29, 1.82) is 0 Å². The number of hydrogen-bond acceptors (Lipinski definition) is 2. The zero-order chi connectivity index (χ0) is 13.7. The lowest BCUT2D eigenvalue weighted by atomic mass is 9.80. The molecule has 0 heterocycles. The van der Waals surface area contributed by atoms with Crippen molar-refractivity contribution in [2.24, 2.45) is 0 Å². The lowest BCUT2D eigenvalue weighted by Gasteiger charge is -2.43. The van der Waals surface area contributed by atoms with Gasteiger partial charge in [0.1, 0.15) is 5.82 Å². The molecule has 1 aliphatic rings. The average molecular weight is 264 g/mol. The summed E-state index contributed by atoms with van der Waals surface area (Å²) in [5.74, 6) is -0.153. The van der Waals surface area contributed by atoms with Crippen molar-refractivity contribution in [3.8, 4) is 0 Å². The molecule has 1 aliphatic carbocycles. The summed E-state index contributed by atoms with van der Waals surface area (Å²) in [5.41, 5.74) is 1.30. The van der Waals surface area contributed by atoms with Gasteiger partial charge in [-0.3, -0.25) is 0 Å². The molecule has 0 aliphatic heterocycles. The number of rotatable bonds is 5. The Morgan fingerprint density at radius 2 is 1.95 bits per heavy atom. The molecule has 3 heteroatoms. The number of likely N-dealkylation sites (N-methyl/N-ethyl adjacent to an activating group) is 1. The first-order chi connectivity index (χ1) is 9.12. The predicted molar refractivity (Wildman–Crippen MR) is 77.6 cm³/mol. The molecule has 1 N–H and O–H groups in total. The number of nitrogens with one attached hydrogen (secondary N) is 1. The zero-order valence-corrected chi connectivity index (χ0v) is 12.1. The van der Waals surface area contributed by atoms with E-state index in [1.807, 2.05) is 6.07 Å². The van der Waals surface area contributed by atoms with Crippen LogP contribution in [0.15, 0.2) is 24.3 Å². The van der Waals surface area contributed by atoms with E-state index >= 15 is 0 Å². The second-order valence-corrected chi connectivity index (χ2v) is 5.91. The highest BCUT2D eigenvalue weighted by Crippen LogP contribution is 2.31. The Morgan fingerprint density at radius 1 is 1.21 bits per heavy atom. The highest BCUT2D eigenvalue weighted by Gasteiger charge is 2.33. The van der Waals surface area contributed by atoms with Crippen molar-refractivity contribution in [2.75, 3.05) is 20.6 Å². The summed E-state index contributed by atoms with van der Waals surface area (Å²) in [5, 5.41) is 3.51. The number of hydrogen-bond donors (Lipinski definition) is 1. The van der Waals surface area contributed by atoms with E-state index in [1.54, 1.807) is 12.1 Å². The summed E-state index contributed by atoms with van der Waals surface area (Å²) in [7, 11) is 4.35. The molecule has 2 rings (SSSR count). The maximum atomic E-state index is 13.1. The van der Waals surface area contributed by atoms with Crippen LogP contribution in [0.25, 0.3) is 0 Å². The SMILES string of the molecule is CN(C)C1(CNCc2cccc(F)c2)CCCCC1.